The monoisotopic (exact) mass is 355 g/mol. The molecule has 1 fully saturated rings. The number of aromatic hydroxyl groups is 1. The molecule has 1 aliphatic heterocycles. The Balaban J connectivity index is 2.47. The number of likely N-dealkylation sites (N-methyl/N-ethyl adjacent to an activating group) is 1. The SMILES string of the molecule is CC(C)c1cc(/C=C2\SC(=O)N(C)C2=O)c(Br)cc1O. The Morgan fingerprint density at radius 1 is 1.35 bits per heavy atom. The van der Waals surface area contributed by atoms with E-state index in [0.29, 0.717) is 9.38 Å². The van der Waals surface area contributed by atoms with Crippen molar-refractivity contribution in [3.63, 3.8) is 0 Å². The fourth-order valence-electron chi connectivity index (χ4n) is 1.86. The van der Waals surface area contributed by atoms with E-state index in [9.17, 15) is 14.7 Å². The van der Waals surface area contributed by atoms with Gasteiger partial charge < -0.3 is 5.11 Å². The molecule has 0 atom stereocenters. The highest BCUT2D eigenvalue weighted by molar-refractivity contribution is 9.10. The molecule has 1 N–H and O–H groups in total. The number of phenolic OH excluding ortho intramolecular Hbond substituents is 1. The molecule has 2 rings (SSSR count). The second-order valence-electron chi connectivity index (χ2n) is 4.83. The number of nitrogens with zero attached hydrogens (tertiary/aromatic N) is 1. The molecule has 0 unspecified atom stereocenters. The van der Waals surface area contributed by atoms with Crippen molar-refractivity contribution in [2.75, 3.05) is 7.05 Å². The number of benzene rings is 1. The van der Waals surface area contributed by atoms with Crippen LogP contribution >= 0.6 is 27.7 Å². The zero-order valence-electron chi connectivity index (χ0n) is 11.3. The Morgan fingerprint density at radius 2 is 2.00 bits per heavy atom. The molecule has 0 bridgehead atoms. The molecule has 0 aromatic heterocycles. The lowest BCUT2D eigenvalue weighted by Gasteiger charge is -2.11. The summed E-state index contributed by atoms with van der Waals surface area (Å²) >= 11 is 4.28. The van der Waals surface area contributed by atoms with Gasteiger partial charge in [0.2, 0.25) is 0 Å². The van der Waals surface area contributed by atoms with Crippen LogP contribution in [0.3, 0.4) is 0 Å². The molecule has 106 valence electrons. The average molecular weight is 356 g/mol. The van der Waals surface area contributed by atoms with Gasteiger partial charge in [0.15, 0.2) is 0 Å². The number of imide groups is 1. The number of thioether (sulfide) groups is 1. The summed E-state index contributed by atoms with van der Waals surface area (Å²) in [6, 6.07) is 3.44. The minimum atomic E-state index is -0.300. The maximum absolute atomic E-state index is 11.9. The molecule has 6 heteroatoms. The van der Waals surface area contributed by atoms with Crippen molar-refractivity contribution < 1.29 is 14.7 Å². The summed E-state index contributed by atoms with van der Waals surface area (Å²) in [5.41, 5.74) is 1.57. The Labute approximate surface area is 130 Å². The Kier molecular flexibility index (Phi) is 4.25. The zero-order valence-corrected chi connectivity index (χ0v) is 13.7. The zero-order chi connectivity index (χ0) is 15.0. The third-order valence-corrected chi connectivity index (χ3v) is 4.69. The predicted molar refractivity (Wildman–Crippen MR) is 83.6 cm³/mol. The molecule has 1 aliphatic rings. The first-order chi connectivity index (χ1) is 9.31. The van der Waals surface area contributed by atoms with Crippen LogP contribution in [0, 0.1) is 0 Å². The van der Waals surface area contributed by atoms with Crippen molar-refractivity contribution in [3.8, 4) is 5.75 Å². The molecule has 20 heavy (non-hydrogen) atoms. The smallest absolute Gasteiger partial charge is 0.293 e. The number of halogens is 1. The first kappa shape index (κ1) is 15.1. The van der Waals surface area contributed by atoms with Crippen LogP contribution in [0.1, 0.15) is 30.9 Å². The molecule has 1 saturated heterocycles. The first-order valence-electron chi connectivity index (χ1n) is 6.05. The highest BCUT2D eigenvalue weighted by Crippen LogP contribution is 2.36. The van der Waals surface area contributed by atoms with Crippen molar-refractivity contribution in [3.05, 3.63) is 32.6 Å². The molecule has 0 saturated carbocycles. The normalized spacial score (nSPS) is 17.6. The van der Waals surface area contributed by atoms with E-state index in [0.717, 1.165) is 27.8 Å². The van der Waals surface area contributed by atoms with Gasteiger partial charge in [-0.15, -0.1) is 0 Å². The third kappa shape index (κ3) is 2.76. The van der Waals surface area contributed by atoms with Crippen molar-refractivity contribution in [1.82, 2.24) is 4.90 Å². The largest absolute Gasteiger partial charge is 0.508 e. The van der Waals surface area contributed by atoms with E-state index < -0.39 is 0 Å². The lowest BCUT2D eigenvalue weighted by atomic mass is 9.99. The first-order valence-corrected chi connectivity index (χ1v) is 7.66. The van der Waals surface area contributed by atoms with Crippen LogP contribution in [0.5, 0.6) is 5.75 Å². The molecule has 4 nitrogen and oxygen atoms in total. The van der Waals surface area contributed by atoms with E-state index in [1.165, 1.54) is 7.05 Å². The summed E-state index contributed by atoms with van der Waals surface area (Å²) in [6.07, 6.45) is 1.67. The van der Waals surface area contributed by atoms with Crippen molar-refractivity contribution >= 4 is 44.9 Å². The molecule has 0 spiro atoms. The van der Waals surface area contributed by atoms with E-state index >= 15 is 0 Å². The van der Waals surface area contributed by atoms with E-state index in [1.54, 1.807) is 12.1 Å². The molecular weight excluding hydrogens is 342 g/mol. The summed E-state index contributed by atoms with van der Waals surface area (Å²) in [5, 5.41) is 9.62. The Morgan fingerprint density at radius 3 is 2.50 bits per heavy atom. The number of rotatable bonds is 2. The second kappa shape index (κ2) is 5.61. The number of phenols is 1. The Hall–Kier alpha value is -1.27. The van der Waals surface area contributed by atoms with Crippen molar-refractivity contribution in [2.45, 2.75) is 19.8 Å². The Bertz CT molecular complexity index is 625. The molecule has 2 amide bonds. The number of carbonyl (C=O) groups excluding carboxylic acids is 2. The van der Waals surface area contributed by atoms with Crippen LogP contribution in [0.4, 0.5) is 4.79 Å². The number of carbonyl (C=O) groups is 2. The molecule has 0 radical (unpaired) electrons. The highest BCUT2D eigenvalue weighted by Gasteiger charge is 2.32. The van der Waals surface area contributed by atoms with Crippen LogP contribution < -0.4 is 0 Å². The fraction of sp³-hybridized carbons (Fsp3) is 0.286. The van der Waals surface area contributed by atoms with Crippen LogP contribution in [0.2, 0.25) is 0 Å². The topological polar surface area (TPSA) is 57.6 Å². The fourth-order valence-corrected chi connectivity index (χ4v) is 3.12. The lowest BCUT2D eigenvalue weighted by Crippen LogP contribution is -2.22. The van der Waals surface area contributed by atoms with Gasteiger partial charge in [0, 0.05) is 11.5 Å². The van der Waals surface area contributed by atoms with Gasteiger partial charge in [0.25, 0.3) is 11.1 Å². The maximum atomic E-state index is 11.9. The standard InChI is InChI=1S/C14H14BrNO3S/c1-7(2)9-4-8(10(15)6-11(9)17)5-12-13(18)16(3)14(19)20-12/h4-7,17H,1-3H3/b12-5-. The van der Waals surface area contributed by atoms with Crippen molar-refractivity contribution in [2.24, 2.45) is 0 Å². The molecule has 1 heterocycles. The average Bonchev–Trinajstić information content (AvgIpc) is 2.60. The van der Waals surface area contributed by atoms with E-state index in [1.807, 2.05) is 19.9 Å². The van der Waals surface area contributed by atoms with Crippen LogP contribution in [0.25, 0.3) is 6.08 Å². The summed E-state index contributed by atoms with van der Waals surface area (Å²) in [4.78, 5) is 24.8. The van der Waals surface area contributed by atoms with E-state index in [4.69, 9.17) is 0 Å². The van der Waals surface area contributed by atoms with Gasteiger partial charge in [0.05, 0.1) is 4.91 Å². The van der Waals surface area contributed by atoms with Crippen LogP contribution in [0.15, 0.2) is 21.5 Å². The van der Waals surface area contributed by atoms with E-state index in [-0.39, 0.29) is 22.8 Å². The predicted octanol–water partition coefficient (Wildman–Crippen LogP) is 3.94. The number of hydrogen-bond donors (Lipinski definition) is 1. The summed E-state index contributed by atoms with van der Waals surface area (Å²) in [6.45, 7) is 3.96. The van der Waals surface area contributed by atoms with Gasteiger partial charge in [-0.3, -0.25) is 14.5 Å². The quantitative estimate of drug-likeness (QED) is 0.816. The number of hydrogen-bond acceptors (Lipinski definition) is 4. The highest BCUT2D eigenvalue weighted by atomic mass is 79.9. The van der Waals surface area contributed by atoms with Gasteiger partial charge in [-0.1, -0.05) is 29.8 Å². The van der Waals surface area contributed by atoms with Gasteiger partial charge >= 0.3 is 0 Å². The van der Waals surface area contributed by atoms with Crippen molar-refractivity contribution in [1.29, 1.82) is 0 Å². The maximum Gasteiger partial charge on any atom is 0.293 e. The molecule has 1 aromatic rings. The minimum Gasteiger partial charge on any atom is -0.508 e. The van der Waals surface area contributed by atoms with Crippen LogP contribution in [-0.4, -0.2) is 28.2 Å². The molecular formula is C14H14BrNO3S. The minimum absolute atomic E-state index is 0.163. The number of amides is 2. The van der Waals surface area contributed by atoms with Gasteiger partial charge in [-0.2, -0.15) is 0 Å². The second-order valence-corrected chi connectivity index (χ2v) is 6.68. The van der Waals surface area contributed by atoms with Crippen LogP contribution in [-0.2, 0) is 4.79 Å². The summed E-state index contributed by atoms with van der Waals surface area (Å²) in [5.74, 6) is 0.0789. The molecule has 1 aromatic carbocycles. The molecule has 0 aliphatic carbocycles. The van der Waals surface area contributed by atoms with Gasteiger partial charge in [0.1, 0.15) is 5.75 Å². The van der Waals surface area contributed by atoms with Gasteiger partial charge in [-0.25, -0.2) is 0 Å². The van der Waals surface area contributed by atoms with E-state index in [2.05, 4.69) is 15.9 Å². The lowest BCUT2D eigenvalue weighted by molar-refractivity contribution is -0.121. The van der Waals surface area contributed by atoms with Gasteiger partial charge in [-0.05, 0) is 47.0 Å². The third-order valence-electron chi connectivity index (χ3n) is 3.04. The summed E-state index contributed by atoms with van der Waals surface area (Å²) < 4.78 is 0.683. The summed E-state index contributed by atoms with van der Waals surface area (Å²) in [7, 11) is 1.46.